The smallest absolute Gasteiger partial charge is 0.134 e. The Labute approximate surface area is 92.0 Å². The average Bonchev–Trinajstić information content (AvgIpc) is 2.56. The maximum absolute atomic E-state index is 9.60. The SMILES string of the molecule is O[C@@H]1CCC[C@H]1Oc1ccccc1Br. The van der Waals surface area contributed by atoms with Crippen molar-refractivity contribution < 1.29 is 9.84 Å². The van der Waals surface area contributed by atoms with Crippen LogP contribution in [0, 0.1) is 0 Å². The van der Waals surface area contributed by atoms with E-state index in [9.17, 15) is 5.11 Å². The molecule has 3 heteroatoms. The molecule has 2 rings (SSSR count). The van der Waals surface area contributed by atoms with E-state index in [4.69, 9.17) is 4.74 Å². The van der Waals surface area contributed by atoms with Crippen LogP contribution >= 0.6 is 15.9 Å². The summed E-state index contributed by atoms with van der Waals surface area (Å²) in [4.78, 5) is 0. The minimum Gasteiger partial charge on any atom is -0.487 e. The number of hydrogen-bond acceptors (Lipinski definition) is 2. The first-order valence-corrected chi connectivity index (χ1v) is 5.66. The van der Waals surface area contributed by atoms with Crippen molar-refractivity contribution in [3.8, 4) is 5.75 Å². The van der Waals surface area contributed by atoms with Gasteiger partial charge in [0.15, 0.2) is 0 Å². The summed E-state index contributed by atoms with van der Waals surface area (Å²) in [6.45, 7) is 0. The number of ether oxygens (including phenoxy) is 1. The Balaban J connectivity index is 2.07. The van der Waals surface area contributed by atoms with E-state index in [0.717, 1.165) is 29.5 Å². The molecule has 0 radical (unpaired) electrons. The van der Waals surface area contributed by atoms with Crippen molar-refractivity contribution in [2.75, 3.05) is 0 Å². The van der Waals surface area contributed by atoms with Crippen LogP contribution in [0.5, 0.6) is 5.75 Å². The van der Waals surface area contributed by atoms with E-state index in [-0.39, 0.29) is 12.2 Å². The van der Waals surface area contributed by atoms with Gasteiger partial charge in [0.25, 0.3) is 0 Å². The van der Waals surface area contributed by atoms with Gasteiger partial charge in [0.1, 0.15) is 11.9 Å². The molecule has 1 aliphatic carbocycles. The number of aliphatic hydroxyl groups excluding tert-OH is 1. The highest BCUT2D eigenvalue weighted by molar-refractivity contribution is 9.10. The number of para-hydroxylation sites is 1. The zero-order valence-electron chi connectivity index (χ0n) is 7.82. The molecule has 0 bridgehead atoms. The van der Waals surface area contributed by atoms with E-state index in [1.165, 1.54) is 0 Å². The van der Waals surface area contributed by atoms with E-state index in [1.54, 1.807) is 0 Å². The highest BCUT2D eigenvalue weighted by atomic mass is 79.9. The van der Waals surface area contributed by atoms with Crippen LogP contribution in [0.15, 0.2) is 28.7 Å². The van der Waals surface area contributed by atoms with Crippen LogP contribution in [0.4, 0.5) is 0 Å². The lowest BCUT2D eigenvalue weighted by Crippen LogP contribution is -2.25. The highest BCUT2D eigenvalue weighted by Crippen LogP contribution is 2.29. The van der Waals surface area contributed by atoms with Gasteiger partial charge in [-0.25, -0.2) is 0 Å². The zero-order chi connectivity index (χ0) is 9.97. The molecule has 2 atom stereocenters. The Hall–Kier alpha value is -0.540. The highest BCUT2D eigenvalue weighted by Gasteiger charge is 2.27. The molecule has 14 heavy (non-hydrogen) atoms. The van der Waals surface area contributed by atoms with Crippen molar-refractivity contribution in [1.82, 2.24) is 0 Å². The summed E-state index contributed by atoms with van der Waals surface area (Å²) in [5, 5.41) is 9.60. The summed E-state index contributed by atoms with van der Waals surface area (Å²) in [7, 11) is 0. The number of aliphatic hydroxyl groups is 1. The van der Waals surface area contributed by atoms with Crippen LogP contribution in [0.1, 0.15) is 19.3 Å². The van der Waals surface area contributed by atoms with Gasteiger partial charge in [0.05, 0.1) is 10.6 Å². The second kappa shape index (κ2) is 4.32. The largest absolute Gasteiger partial charge is 0.487 e. The summed E-state index contributed by atoms with van der Waals surface area (Å²) in [5.74, 6) is 0.818. The Bertz CT molecular complexity index is 314. The molecule has 0 saturated heterocycles. The third kappa shape index (κ3) is 2.10. The zero-order valence-corrected chi connectivity index (χ0v) is 9.40. The van der Waals surface area contributed by atoms with E-state index in [2.05, 4.69) is 15.9 Å². The van der Waals surface area contributed by atoms with Gasteiger partial charge < -0.3 is 9.84 Å². The van der Waals surface area contributed by atoms with Crippen LogP contribution in [0.2, 0.25) is 0 Å². The fourth-order valence-electron chi connectivity index (χ4n) is 1.75. The Kier molecular flexibility index (Phi) is 3.08. The third-order valence-electron chi connectivity index (χ3n) is 2.53. The van der Waals surface area contributed by atoms with Crippen molar-refractivity contribution in [2.24, 2.45) is 0 Å². The second-order valence-electron chi connectivity index (χ2n) is 3.58. The lowest BCUT2D eigenvalue weighted by Gasteiger charge is -2.17. The second-order valence-corrected chi connectivity index (χ2v) is 4.44. The summed E-state index contributed by atoms with van der Waals surface area (Å²) in [5.41, 5.74) is 0. The van der Waals surface area contributed by atoms with Gasteiger partial charge in [-0.2, -0.15) is 0 Å². The van der Waals surface area contributed by atoms with Gasteiger partial charge in [-0.1, -0.05) is 12.1 Å². The quantitative estimate of drug-likeness (QED) is 0.882. The lowest BCUT2D eigenvalue weighted by molar-refractivity contribution is 0.0599. The van der Waals surface area contributed by atoms with Crippen LogP contribution in [-0.2, 0) is 0 Å². The molecule has 1 fully saturated rings. The molecule has 2 nitrogen and oxygen atoms in total. The molecule has 1 N–H and O–H groups in total. The summed E-state index contributed by atoms with van der Waals surface area (Å²) < 4.78 is 6.67. The fourth-order valence-corrected chi connectivity index (χ4v) is 2.13. The van der Waals surface area contributed by atoms with Gasteiger partial charge >= 0.3 is 0 Å². The van der Waals surface area contributed by atoms with Gasteiger partial charge in [0, 0.05) is 0 Å². The molecule has 0 unspecified atom stereocenters. The number of halogens is 1. The standard InChI is InChI=1S/C11H13BrO2/c12-8-4-1-2-6-10(8)14-11-7-3-5-9(11)13/h1-2,4,6,9,11,13H,3,5,7H2/t9-,11-/m1/s1. The molecule has 0 heterocycles. The Morgan fingerprint density at radius 3 is 2.71 bits per heavy atom. The summed E-state index contributed by atoms with van der Waals surface area (Å²) in [6.07, 6.45) is 2.52. The first-order chi connectivity index (χ1) is 6.77. The first-order valence-electron chi connectivity index (χ1n) is 4.86. The van der Waals surface area contributed by atoms with Gasteiger partial charge in [-0.15, -0.1) is 0 Å². The van der Waals surface area contributed by atoms with E-state index in [0.29, 0.717) is 0 Å². The van der Waals surface area contributed by atoms with Crippen LogP contribution in [0.3, 0.4) is 0 Å². The van der Waals surface area contributed by atoms with Crippen LogP contribution in [-0.4, -0.2) is 17.3 Å². The topological polar surface area (TPSA) is 29.5 Å². The predicted octanol–water partition coefficient (Wildman–Crippen LogP) is 2.74. The van der Waals surface area contributed by atoms with Crippen molar-refractivity contribution in [1.29, 1.82) is 0 Å². The molecule has 0 aromatic heterocycles. The average molecular weight is 257 g/mol. The summed E-state index contributed by atoms with van der Waals surface area (Å²) in [6, 6.07) is 7.73. The van der Waals surface area contributed by atoms with Crippen molar-refractivity contribution in [3.05, 3.63) is 28.7 Å². The van der Waals surface area contributed by atoms with Crippen molar-refractivity contribution >= 4 is 15.9 Å². The fraction of sp³-hybridized carbons (Fsp3) is 0.455. The minimum atomic E-state index is -0.304. The molecule has 1 aromatic rings. The van der Waals surface area contributed by atoms with E-state index >= 15 is 0 Å². The maximum atomic E-state index is 9.60. The van der Waals surface area contributed by atoms with Gasteiger partial charge in [-0.05, 0) is 47.3 Å². The molecule has 0 aliphatic heterocycles. The van der Waals surface area contributed by atoms with E-state index in [1.807, 2.05) is 24.3 Å². The Morgan fingerprint density at radius 1 is 1.29 bits per heavy atom. The van der Waals surface area contributed by atoms with Crippen LogP contribution < -0.4 is 4.74 Å². The van der Waals surface area contributed by atoms with Crippen molar-refractivity contribution in [3.63, 3.8) is 0 Å². The molecule has 1 saturated carbocycles. The molecule has 0 amide bonds. The van der Waals surface area contributed by atoms with Crippen molar-refractivity contribution in [2.45, 2.75) is 31.5 Å². The maximum Gasteiger partial charge on any atom is 0.134 e. The molecular weight excluding hydrogens is 244 g/mol. The predicted molar refractivity (Wildman–Crippen MR) is 58.4 cm³/mol. The minimum absolute atomic E-state index is 0.0336. The molecule has 1 aliphatic rings. The number of benzene rings is 1. The number of hydrogen-bond donors (Lipinski definition) is 1. The molecular formula is C11H13BrO2. The van der Waals surface area contributed by atoms with Gasteiger partial charge in [-0.3, -0.25) is 0 Å². The normalized spacial score (nSPS) is 26.4. The molecule has 1 aromatic carbocycles. The summed E-state index contributed by atoms with van der Waals surface area (Å²) >= 11 is 3.42. The first kappa shape index (κ1) is 9.99. The molecule has 0 spiro atoms. The lowest BCUT2D eigenvalue weighted by atomic mass is 10.2. The Morgan fingerprint density at radius 2 is 2.07 bits per heavy atom. The van der Waals surface area contributed by atoms with Crippen LogP contribution in [0.25, 0.3) is 0 Å². The molecule has 76 valence electrons. The van der Waals surface area contributed by atoms with Gasteiger partial charge in [0.2, 0.25) is 0 Å². The van der Waals surface area contributed by atoms with E-state index < -0.39 is 0 Å². The number of rotatable bonds is 2. The third-order valence-corrected chi connectivity index (χ3v) is 3.19. The monoisotopic (exact) mass is 256 g/mol.